The summed E-state index contributed by atoms with van der Waals surface area (Å²) in [6.07, 6.45) is 7.20. The highest BCUT2D eigenvalue weighted by Gasteiger charge is 2.26. The first-order valence-electron chi connectivity index (χ1n) is 10.1. The fourth-order valence-electron chi connectivity index (χ4n) is 3.71. The molecule has 0 bridgehead atoms. The Morgan fingerprint density at radius 1 is 1.24 bits per heavy atom. The van der Waals surface area contributed by atoms with Crippen LogP contribution in [0.25, 0.3) is 0 Å². The molecule has 1 aromatic carbocycles. The Morgan fingerprint density at radius 3 is 2.69 bits per heavy atom. The molecule has 1 aliphatic carbocycles. The summed E-state index contributed by atoms with van der Waals surface area (Å²) in [5, 5.41) is 0.953. The fraction of sp³-hybridized carbons (Fsp3) is 0.391. The third-order valence-corrected chi connectivity index (χ3v) is 6.54. The highest BCUT2D eigenvalue weighted by molar-refractivity contribution is 7.99. The largest absolute Gasteiger partial charge is 0.497 e. The van der Waals surface area contributed by atoms with Gasteiger partial charge in [0, 0.05) is 41.9 Å². The minimum Gasteiger partial charge on any atom is -0.497 e. The van der Waals surface area contributed by atoms with E-state index in [2.05, 4.69) is 33.2 Å². The average Bonchev–Trinajstić information content (AvgIpc) is 3.40. The predicted octanol–water partition coefficient (Wildman–Crippen LogP) is 4.86. The van der Waals surface area contributed by atoms with E-state index in [1.807, 2.05) is 37.5 Å². The number of imidazole rings is 1. The lowest BCUT2D eigenvalue weighted by Gasteiger charge is -2.10. The van der Waals surface area contributed by atoms with Crippen molar-refractivity contribution < 1.29 is 9.53 Å². The van der Waals surface area contributed by atoms with Gasteiger partial charge in [0.2, 0.25) is 0 Å². The van der Waals surface area contributed by atoms with Gasteiger partial charge in [0.25, 0.3) is 0 Å². The number of ether oxygens (including phenoxy) is 1. The molecule has 6 heteroatoms. The van der Waals surface area contributed by atoms with Crippen molar-refractivity contribution in [3.8, 4) is 5.75 Å². The number of methoxy groups -OCH3 is 1. The molecule has 4 rings (SSSR count). The Morgan fingerprint density at radius 2 is 2.00 bits per heavy atom. The number of hydrogen-bond acceptors (Lipinski definition) is 4. The zero-order chi connectivity index (χ0) is 20.4. The lowest BCUT2D eigenvalue weighted by Crippen LogP contribution is -2.09. The van der Waals surface area contributed by atoms with Gasteiger partial charge in [-0.3, -0.25) is 4.79 Å². The molecule has 0 radical (unpaired) electrons. The molecule has 152 valence electrons. The molecule has 0 atom stereocenters. The van der Waals surface area contributed by atoms with Crippen molar-refractivity contribution in [2.45, 2.75) is 50.9 Å². The maximum absolute atomic E-state index is 12.9. The van der Waals surface area contributed by atoms with Crippen molar-refractivity contribution >= 4 is 17.5 Å². The first-order valence-corrected chi connectivity index (χ1v) is 11.0. The number of benzene rings is 1. The number of Topliss-reactive ketones (excluding diaryl/α,β-unsaturated/α-hetero) is 1. The van der Waals surface area contributed by atoms with E-state index >= 15 is 0 Å². The Hall–Kier alpha value is -2.47. The van der Waals surface area contributed by atoms with Crippen LogP contribution >= 0.6 is 11.8 Å². The van der Waals surface area contributed by atoms with Crippen LogP contribution in [0.1, 0.15) is 46.2 Å². The molecular formula is C23H27N3O2S. The summed E-state index contributed by atoms with van der Waals surface area (Å²) in [6.45, 7) is 4.98. The first-order chi connectivity index (χ1) is 14.1. The first kappa shape index (κ1) is 19.8. The van der Waals surface area contributed by atoms with Crippen LogP contribution in [-0.2, 0) is 13.0 Å². The van der Waals surface area contributed by atoms with Crippen molar-refractivity contribution in [3.05, 3.63) is 65.2 Å². The van der Waals surface area contributed by atoms with Gasteiger partial charge in [0.15, 0.2) is 10.9 Å². The summed E-state index contributed by atoms with van der Waals surface area (Å²) >= 11 is 1.54. The van der Waals surface area contributed by atoms with E-state index in [9.17, 15) is 4.79 Å². The van der Waals surface area contributed by atoms with Crippen LogP contribution in [0.3, 0.4) is 0 Å². The van der Waals surface area contributed by atoms with Gasteiger partial charge in [-0.2, -0.15) is 0 Å². The average molecular weight is 410 g/mol. The highest BCUT2D eigenvalue weighted by atomic mass is 32.2. The predicted molar refractivity (Wildman–Crippen MR) is 116 cm³/mol. The van der Waals surface area contributed by atoms with Crippen molar-refractivity contribution in [2.75, 3.05) is 12.9 Å². The second-order valence-corrected chi connectivity index (χ2v) is 8.54. The minimum atomic E-state index is 0.171. The molecule has 0 amide bonds. The molecule has 29 heavy (non-hydrogen) atoms. The van der Waals surface area contributed by atoms with Gasteiger partial charge in [-0.1, -0.05) is 23.9 Å². The summed E-state index contributed by atoms with van der Waals surface area (Å²) < 4.78 is 9.67. The molecule has 5 nitrogen and oxygen atoms in total. The Bertz CT molecular complexity index is 1000. The minimum absolute atomic E-state index is 0.171. The molecule has 3 aromatic rings. The number of aryl methyl sites for hydroxylation is 2. The summed E-state index contributed by atoms with van der Waals surface area (Å²) in [4.78, 5) is 17.3. The van der Waals surface area contributed by atoms with E-state index < -0.39 is 0 Å². The number of thioether (sulfide) groups is 1. The standard InChI is InChI=1S/C23H27N3O2S/c1-16-14-21(22(27)15-29-23-24-11-13-26(23)19-6-7-19)17(2)25(16)12-10-18-4-8-20(28-3)9-5-18/h4-5,8-9,11,13-14,19H,6-7,10,12,15H2,1-3H3. The van der Waals surface area contributed by atoms with Gasteiger partial charge < -0.3 is 13.9 Å². The van der Waals surface area contributed by atoms with Gasteiger partial charge in [-0.25, -0.2) is 4.98 Å². The lowest BCUT2D eigenvalue weighted by atomic mass is 10.1. The van der Waals surface area contributed by atoms with Crippen molar-refractivity contribution in [2.24, 2.45) is 0 Å². The maximum atomic E-state index is 12.9. The molecule has 0 N–H and O–H groups in total. The molecule has 2 heterocycles. The van der Waals surface area contributed by atoms with Gasteiger partial charge in [-0.15, -0.1) is 0 Å². The summed E-state index contributed by atoms with van der Waals surface area (Å²) in [5.74, 6) is 1.46. The second kappa shape index (κ2) is 8.49. The number of hydrogen-bond donors (Lipinski definition) is 0. The highest BCUT2D eigenvalue weighted by Crippen LogP contribution is 2.37. The van der Waals surface area contributed by atoms with Gasteiger partial charge in [0.05, 0.1) is 12.9 Å². The van der Waals surface area contributed by atoms with E-state index in [1.165, 1.54) is 18.4 Å². The Balaban J connectivity index is 1.40. The van der Waals surface area contributed by atoms with E-state index in [-0.39, 0.29) is 5.78 Å². The quantitative estimate of drug-likeness (QED) is 0.374. The molecular weight excluding hydrogens is 382 g/mol. The maximum Gasteiger partial charge on any atom is 0.175 e. The number of carbonyl (C=O) groups is 1. The molecule has 0 unspecified atom stereocenters. The smallest absolute Gasteiger partial charge is 0.175 e. The van der Waals surface area contributed by atoms with Crippen LogP contribution in [0.2, 0.25) is 0 Å². The molecule has 1 aliphatic rings. The third-order valence-electron chi connectivity index (χ3n) is 5.56. The van der Waals surface area contributed by atoms with Crippen LogP contribution in [0.15, 0.2) is 47.9 Å². The van der Waals surface area contributed by atoms with Gasteiger partial charge in [-0.05, 0) is 56.9 Å². The van der Waals surface area contributed by atoms with E-state index in [0.29, 0.717) is 11.8 Å². The number of carbonyl (C=O) groups excluding carboxylic acids is 1. The number of aromatic nitrogens is 3. The molecule has 2 aromatic heterocycles. The van der Waals surface area contributed by atoms with Crippen LogP contribution in [0.4, 0.5) is 0 Å². The fourth-order valence-corrected chi connectivity index (χ4v) is 4.62. The molecule has 0 spiro atoms. The number of nitrogens with zero attached hydrogens (tertiary/aromatic N) is 3. The van der Waals surface area contributed by atoms with Crippen LogP contribution in [0.5, 0.6) is 5.75 Å². The van der Waals surface area contributed by atoms with Crippen LogP contribution in [-0.4, -0.2) is 32.8 Å². The number of rotatable bonds is 9. The lowest BCUT2D eigenvalue weighted by molar-refractivity contribution is 0.102. The number of ketones is 1. The van der Waals surface area contributed by atoms with E-state index in [1.54, 1.807) is 18.9 Å². The monoisotopic (exact) mass is 409 g/mol. The molecule has 1 fully saturated rings. The van der Waals surface area contributed by atoms with Crippen LogP contribution in [0, 0.1) is 13.8 Å². The molecule has 0 saturated heterocycles. The van der Waals surface area contributed by atoms with Crippen molar-refractivity contribution in [1.29, 1.82) is 0 Å². The van der Waals surface area contributed by atoms with E-state index in [4.69, 9.17) is 4.74 Å². The van der Waals surface area contributed by atoms with Gasteiger partial charge >= 0.3 is 0 Å². The van der Waals surface area contributed by atoms with E-state index in [0.717, 1.165) is 40.8 Å². The summed E-state index contributed by atoms with van der Waals surface area (Å²) in [7, 11) is 1.68. The van der Waals surface area contributed by atoms with Crippen molar-refractivity contribution in [1.82, 2.24) is 14.1 Å². The second-order valence-electron chi connectivity index (χ2n) is 7.59. The zero-order valence-corrected chi connectivity index (χ0v) is 18.0. The Kier molecular flexibility index (Phi) is 5.81. The Labute approximate surface area is 176 Å². The molecule has 0 aliphatic heterocycles. The normalized spacial score (nSPS) is 13.6. The SMILES string of the molecule is COc1ccc(CCn2c(C)cc(C(=O)CSc3nccn3C3CC3)c2C)cc1. The zero-order valence-electron chi connectivity index (χ0n) is 17.2. The van der Waals surface area contributed by atoms with Gasteiger partial charge in [0.1, 0.15) is 5.75 Å². The van der Waals surface area contributed by atoms with Crippen LogP contribution < -0.4 is 4.74 Å². The van der Waals surface area contributed by atoms with Crippen molar-refractivity contribution in [3.63, 3.8) is 0 Å². The topological polar surface area (TPSA) is 49.1 Å². The third kappa shape index (κ3) is 4.42. The summed E-state index contributed by atoms with van der Waals surface area (Å²) in [5.41, 5.74) is 4.26. The molecule has 1 saturated carbocycles. The summed E-state index contributed by atoms with van der Waals surface area (Å²) in [6, 6.07) is 10.8.